The molecule has 1 fully saturated rings. The summed E-state index contributed by atoms with van der Waals surface area (Å²) in [4.78, 5) is 17.2. The Morgan fingerprint density at radius 2 is 1.79 bits per heavy atom. The number of carbonyl (C=O) groups excluding carboxylic acids is 1. The maximum atomic E-state index is 13.8. The van der Waals surface area contributed by atoms with Gasteiger partial charge in [-0.15, -0.1) is 0 Å². The summed E-state index contributed by atoms with van der Waals surface area (Å²) in [5.41, 5.74) is 2.49. The van der Waals surface area contributed by atoms with Crippen molar-refractivity contribution in [2.24, 2.45) is 5.92 Å². The molecule has 1 heterocycles. The van der Waals surface area contributed by atoms with Gasteiger partial charge in [-0.2, -0.15) is 0 Å². The van der Waals surface area contributed by atoms with Crippen molar-refractivity contribution < 1.29 is 13.9 Å². The second-order valence-corrected chi connectivity index (χ2v) is 7.55. The summed E-state index contributed by atoms with van der Waals surface area (Å²) in [6, 6.07) is 14.5. The molecule has 1 N–H and O–H groups in total. The van der Waals surface area contributed by atoms with Crippen LogP contribution in [0.2, 0.25) is 0 Å². The van der Waals surface area contributed by atoms with Gasteiger partial charge in [0.1, 0.15) is 5.82 Å². The molecule has 1 amide bonds. The van der Waals surface area contributed by atoms with Gasteiger partial charge in [0, 0.05) is 57.1 Å². The van der Waals surface area contributed by atoms with Gasteiger partial charge in [-0.25, -0.2) is 4.39 Å². The zero-order valence-corrected chi connectivity index (χ0v) is 17.2. The highest BCUT2D eigenvalue weighted by Crippen LogP contribution is 2.21. The molecule has 0 bridgehead atoms. The van der Waals surface area contributed by atoms with E-state index in [1.165, 1.54) is 6.07 Å². The molecule has 1 aliphatic rings. The van der Waals surface area contributed by atoms with E-state index in [4.69, 9.17) is 4.74 Å². The van der Waals surface area contributed by atoms with Crippen molar-refractivity contribution in [3.8, 4) is 0 Å². The Bertz CT molecular complexity index is 789. The topological polar surface area (TPSA) is 44.8 Å². The fraction of sp³-hybridized carbons (Fsp3) is 0.435. The summed E-state index contributed by atoms with van der Waals surface area (Å²) in [6.07, 6.45) is 0.379. The van der Waals surface area contributed by atoms with Crippen LogP contribution in [0.1, 0.15) is 12.5 Å². The van der Waals surface area contributed by atoms with E-state index in [2.05, 4.69) is 15.1 Å². The minimum absolute atomic E-state index is 0.104. The molecule has 1 atom stereocenters. The van der Waals surface area contributed by atoms with Gasteiger partial charge in [0.05, 0.1) is 6.61 Å². The van der Waals surface area contributed by atoms with Gasteiger partial charge in [0.15, 0.2) is 0 Å². The predicted octanol–water partition coefficient (Wildman–Crippen LogP) is 3.41. The highest BCUT2D eigenvalue weighted by Gasteiger charge is 2.18. The summed E-state index contributed by atoms with van der Waals surface area (Å²) in [5, 5.41) is 2.94. The lowest BCUT2D eigenvalue weighted by molar-refractivity contribution is -0.119. The first-order valence-corrected chi connectivity index (χ1v) is 10.2. The summed E-state index contributed by atoms with van der Waals surface area (Å²) < 4.78 is 18.9. The van der Waals surface area contributed by atoms with Crippen LogP contribution < -0.4 is 10.2 Å². The molecule has 0 spiro atoms. The monoisotopic (exact) mass is 399 g/mol. The molecule has 0 saturated carbocycles. The molecule has 1 saturated heterocycles. The van der Waals surface area contributed by atoms with Crippen molar-refractivity contribution in [1.29, 1.82) is 0 Å². The Morgan fingerprint density at radius 3 is 2.45 bits per heavy atom. The van der Waals surface area contributed by atoms with E-state index in [-0.39, 0.29) is 17.6 Å². The minimum atomic E-state index is -0.313. The Labute approximate surface area is 172 Å². The van der Waals surface area contributed by atoms with Crippen LogP contribution in [0.3, 0.4) is 0 Å². The number of nitrogens with zero attached hydrogens (tertiary/aromatic N) is 2. The lowest BCUT2D eigenvalue weighted by atomic mass is 10.00. The molecule has 0 aromatic heterocycles. The SMILES string of the molecule is COCCN1CCN(c2ccc(NC(=O)C(C)Cc3ccccc3F)cc2)CC1. The van der Waals surface area contributed by atoms with Crippen LogP contribution in [0.4, 0.5) is 15.8 Å². The van der Waals surface area contributed by atoms with Crippen LogP contribution in [-0.4, -0.2) is 57.2 Å². The molecule has 1 aliphatic heterocycles. The van der Waals surface area contributed by atoms with Gasteiger partial charge in [-0.3, -0.25) is 9.69 Å². The number of anilines is 2. The molecular weight excluding hydrogens is 369 g/mol. The van der Waals surface area contributed by atoms with Crippen molar-refractivity contribution in [3.63, 3.8) is 0 Å². The first kappa shape index (κ1) is 21.3. The third-order valence-corrected chi connectivity index (χ3v) is 5.42. The molecule has 29 heavy (non-hydrogen) atoms. The number of benzene rings is 2. The van der Waals surface area contributed by atoms with Crippen molar-refractivity contribution in [1.82, 2.24) is 4.90 Å². The van der Waals surface area contributed by atoms with Gasteiger partial charge in [-0.1, -0.05) is 25.1 Å². The standard InChI is InChI=1S/C23H30FN3O2/c1-18(17-19-5-3-4-6-22(19)24)23(28)25-20-7-9-21(10-8-20)27-13-11-26(12-14-27)15-16-29-2/h3-10,18H,11-17H2,1-2H3,(H,25,28). The summed E-state index contributed by atoms with van der Waals surface area (Å²) >= 11 is 0. The molecule has 156 valence electrons. The van der Waals surface area contributed by atoms with Crippen LogP contribution in [0.25, 0.3) is 0 Å². The third-order valence-electron chi connectivity index (χ3n) is 5.42. The van der Waals surface area contributed by atoms with E-state index in [1.54, 1.807) is 25.3 Å². The van der Waals surface area contributed by atoms with Gasteiger partial charge in [0.2, 0.25) is 5.91 Å². The van der Waals surface area contributed by atoms with Crippen molar-refractivity contribution in [3.05, 3.63) is 59.9 Å². The molecule has 0 radical (unpaired) electrons. The fourth-order valence-electron chi connectivity index (χ4n) is 3.56. The summed E-state index contributed by atoms with van der Waals surface area (Å²) in [5.74, 6) is -0.682. The normalized spacial score (nSPS) is 15.9. The zero-order valence-electron chi connectivity index (χ0n) is 17.2. The second-order valence-electron chi connectivity index (χ2n) is 7.55. The van der Waals surface area contributed by atoms with Gasteiger partial charge in [-0.05, 0) is 42.3 Å². The van der Waals surface area contributed by atoms with E-state index in [1.807, 2.05) is 31.2 Å². The predicted molar refractivity (Wildman–Crippen MR) is 115 cm³/mol. The molecule has 5 nitrogen and oxygen atoms in total. The third kappa shape index (κ3) is 6.02. The number of amides is 1. The van der Waals surface area contributed by atoms with Crippen LogP contribution in [0.15, 0.2) is 48.5 Å². The summed E-state index contributed by atoms with van der Waals surface area (Å²) in [7, 11) is 1.73. The number of hydrogen-bond donors (Lipinski definition) is 1. The largest absolute Gasteiger partial charge is 0.383 e. The number of hydrogen-bond acceptors (Lipinski definition) is 4. The van der Waals surface area contributed by atoms with E-state index in [0.29, 0.717) is 12.0 Å². The van der Waals surface area contributed by atoms with Crippen LogP contribution in [0, 0.1) is 11.7 Å². The Hall–Kier alpha value is -2.44. The first-order valence-electron chi connectivity index (χ1n) is 10.2. The number of methoxy groups -OCH3 is 1. The smallest absolute Gasteiger partial charge is 0.227 e. The quantitative estimate of drug-likeness (QED) is 0.739. The zero-order chi connectivity index (χ0) is 20.6. The van der Waals surface area contributed by atoms with E-state index in [0.717, 1.165) is 50.7 Å². The number of nitrogens with one attached hydrogen (secondary N) is 1. The molecule has 6 heteroatoms. The molecule has 0 aliphatic carbocycles. The highest BCUT2D eigenvalue weighted by molar-refractivity contribution is 5.92. The minimum Gasteiger partial charge on any atom is -0.383 e. The number of piperazine rings is 1. The first-order chi connectivity index (χ1) is 14.1. The second kappa shape index (κ2) is 10.4. The van der Waals surface area contributed by atoms with Crippen LogP contribution in [-0.2, 0) is 16.0 Å². The number of carbonyl (C=O) groups is 1. The van der Waals surface area contributed by atoms with Gasteiger partial charge < -0.3 is 15.0 Å². The lowest BCUT2D eigenvalue weighted by Crippen LogP contribution is -2.47. The summed E-state index contributed by atoms with van der Waals surface area (Å²) in [6.45, 7) is 7.57. The molecule has 2 aromatic rings. The maximum absolute atomic E-state index is 13.8. The molecule has 1 unspecified atom stereocenters. The highest BCUT2D eigenvalue weighted by atomic mass is 19.1. The van der Waals surface area contributed by atoms with Crippen LogP contribution in [0.5, 0.6) is 0 Å². The van der Waals surface area contributed by atoms with Gasteiger partial charge in [0.25, 0.3) is 0 Å². The Balaban J connectivity index is 1.50. The number of ether oxygens (including phenoxy) is 1. The van der Waals surface area contributed by atoms with E-state index >= 15 is 0 Å². The molecule has 2 aromatic carbocycles. The number of halogens is 1. The lowest BCUT2D eigenvalue weighted by Gasteiger charge is -2.36. The molecule has 3 rings (SSSR count). The average Bonchev–Trinajstić information content (AvgIpc) is 2.75. The maximum Gasteiger partial charge on any atom is 0.227 e. The Morgan fingerprint density at radius 1 is 1.10 bits per heavy atom. The van der Waals surface area contributed by atoms with E-state index in [9.17, 15) is 9.18 Å². The van der Waals surface area contributed by atoms with Crippen molar-refractivity contribution in [2.45, 2.75) is 13.3 Å². The van der Waals surface area contributed by atoms with Crippen molar-refractivity contribution in [2.75, 3.05) is 56.7 Å². The van der Waals surface area contributed by atoms with Crippen molar-refractivity contribution >= 4 is 17.3 Å². The Kier molecular flexibility index (Phi) is 7.61. The average molecular weight is 400 g/mol. The molecular formula is C23H30FN3O2. The van der Waals surface area contributed by atoms with Crippen LogP contribution >= 0.6 is 0 Å². The fourth-order valence-corrected chi connectivity index (χ4v) is 3.56. The van der Waals surface area contributed by atoms with Gasteiger partial charge >= 0.3 is 0 Å². The van der Waals surface area contributed by atoms with E-state index < -0.39 is 0 Å². The number of rotatable bonds is 8.